The van der Waals surface area contributed by atoms with Gasteiger partial charge in [0.15, 0.2) is 0 Å². The summed E-state index contributed by atoms with van der Waals surface area (Å²) < 4.78 is 0. The molecule has 17 heavy (non-hydrogen) atoms. The largest absolute Gasteiger partial charge is 0.390 e. The number of benzene rings is 2. The zero-order valence-corrected chi connectivity index (χ0v) is 9.35. The molecule has 84 valence electrons. The molecule has 0 bridgehead atoms. The molecule has 2 nitrogen and oxygen atoms in total. The van der Waals surface area contributed by atoms with Crippen LogP contribution < -0.4 is 0 Å². The molecule has 0 spiro atoms. The van der Waals surface area contributed by atoms with Crippen LogP contribution in [0.1, 0.15) is 5.69 Å². The fourth-order valence-corrected chi connectivity index (χ4v) is 2.25. The molecule has 2 heteroatoms. The first kappa shape index (κ1) is 10.1. The first-order valence-corrected chi connectivity index (χ1v) is 5.66. The molecule has 0 radical (unpaired) electrons. The molecule has 0 saturated heterocycles. The summed E-state index contributed by atoms with van der Waals surface area (Å²) in [5, 5.41) is 10.6. The van der Waals surface area contributed by atoms with Crippen LogP contribution in [0.3, 0.4) is 0 Å². The van der Waals surface area contributed by atoms with Gasteiger partial charge in [0.2, 0.25) is 0 Å². The van der Waals surface area contributed by atoms with Crippen LogP contribution in [0.25, 0.3) is 22.0 Å². The molecule has 2 N–H and O–H groups in total. The number of para-hydroxylation sites is 1. The van der Waals surface area contributed by atoms with Crippen LogP contribution in [0.4, 0.5) is 0 Å². The molecular formula is C15H13NO. The molecule has 0 saturated carbocycles. The van der Waals surface area contributed by atoms with E-state index in [0.29, 0.717) is 0 Å². The fourth-order valence-electron chi connectivity index (χ4n) is 2.25. The van der Waals surface area contributed by atoms with Gasteiger partial charge in [0, 0.05) is 22.2 Å². The maximum Gasteiger partial charge on any atom is 0.0837 e. The maximum absolute atomic E-state index is 9.45. The Labute approximate surface area is 99.5 Å². The highest BCUT2D eigenvalue weighted by molar-refractivity contribution is 5.97. The number of fused-ring (bicyclic) bond motifs is 1. The summed E-state index contributed by atoms with van der Waals surface area (Å²) in [4.78, 5) is 3.26. The zero-order valence-electron chi connectivity index (χ0n) is 9.35. The molecule has 0 fully saturated rings. The summed E-state index contributed by atoms with van der Waals surface area (Å²) in [6.45, 7) is 0.0267. The molecule has 3 rings (SSSR count). The molecule has 0 unspecified atom stereocenters. The molecule has 0 atom stereocenters. The number of aromatic amines is 1. The van der Waals surface area contributed by atoms with Crippen LogP contribution in [0.2, 0.25) is 0 Å². The quantitative estimate of drug-likeness (QED) is 0.686. The van der Waals surface area contributed by atoms with E-state index in [0.717, 1.165) is 27.7 Å². The molecule has 1 heterocycles. The van der Waals surface area contributed by atoms with Crippen molar-refractivity contribution in [2.75, 3.05) is 0 Å². The third-order valence-electron chi connectivity index (χ3n) is 3.00. The average molecular weight is 223 g/mol. The van der Waals surface area contributed by atoms with E-state index in [9.17, 15) is 5.11 Å². The monoisotopic (exact) mass is 223 g/mol. The number of rotatable bonds is 2. The van der Waals surface area contributed by atoms with Gasteiger partial charge in [0.25, 0.3) is 0 Å². The SMILES string of the molecule is OCc1[nH]c2ccccc2c1-c1ccccc1. The van der Waals surface area contributed by atoms with E-state index < -0.39 is 0 Å². The smallest absolute Gasteiger partial charge is 0.0837 e. The normalized spacial score (nSPS) is 10.9. The maximum atomic E-state index is 9.45. The molecule has 0 aliphatic carbocycles. The molecule has 2 aromatic carbocycles. The van der Waals surface area contributed by atoms with E-state index in [1.807, 2.05) is 36.4 Å². The number of H-pyrrole nitrogens is 1. The van der Waals surface area contributed by atoms with E-state index in [2.05, 4.69) is 23.2 Å². The van der Waals surface area contributed by atoms with E-state index >= 15 is 0 Å². The minimum atomic E-state index is 0.0267. The first-order chi connectivity index (χ1) is 8.40. The van der Waals surface area contributed by atoms with Crippen molar-refractivity contribution < 1.29 is 5.11 Å². The predicted octanol–water partition coefficient (Wildman–Crippen LogP) is 3.33. The number of nitrogens with one attached hydrogen (secondary N) is 1. The van der Waals surface area contributed by atoms with Crippen molar-refractivity contribution in [1.29, 1.82) is 0 Å². The van der Waals surface area contributed by atoms with Gasteiger partial charge in [-0.05, 0) is 11.6 Å². The van der Waals surface area contributed by atoms with Crippen molar-refractivity contribution in [3.8, 4) is 11.1 Å². The highest BCUT2D eigenvalue weighted by Gasteiger charge is 2.11. The van der Waals surface area contributed by atoms with Crippen LogP contribution in [-0.2, 0) is 6.61 Å². The molecule has 0 amide bonds. The average Bonchev–Trinajstić information content (AvgIpc) is 2.78. The van der Waals surface area contributed by atoms with Gasteiger partial charge >= 0.3 is 0 Å². The lowest BCUT2D eigenvalue weighted by Gasteiger charge is -2.02. The van der Waals surface area contributed by atoms with E-state index in [1.165, 1.54) is 0 Å². The number of hydrogen-bond acceptors (Lipinski definition) is 1. The van der Waals surface area contributed by atoms with Crippen LogP contribution in [-0.4, -0.2) is 10.1 Å². The Balaban J connectivity index is 2.34. The van der Waals surface area contributed by atoms with E-state index in [-0.39, 0.29) is 6.61 Å². The van der Waals surface area contributed by atoms with Crippen molar-refractivity contribution in [2.45, 2.75) is 6.61 Å². The van der Waals surface area contributed by atoms with Gasteiger partial charge in [-0.3, -0.25) is 0 Å². The van der Waals surface area contributed by atoms with Crippen LogP contribution in [0, 0.1) is 0 Å². The van der Waals surface area contributed by atoms with Crippen LogP contribution in [0.5, 0.6) is 0 Å². The summed E-state index contributed by atoms with van der Waals surface area (Å²) in [5.41, 5.74) is 4.17. The van der Waals surface area contributed by atoms with Crippen LogP contribution in [0.15, 0.2) is 54.6 Å². The Hall–Kier alpha value is -2.06. The Morgan fingerprint density at radius 1 is 0.882 bits per heavy atom. The van der Waals surface area contributed by atoms with Crippen molar-refractivity contribution in [3.63, 3.8) is 0 Å². The highest BCUT2D eigenvalue weighted by Crippen LogP contribution is 2.32. The van der Waals surface area contributed by atoms with Gasteiger partial charge in [-0.15, -0.1) is 0 Å². The number of aliphatic hydroxyl groups is 1. The van der Waals surface area contributed by atoms with Gasteiger partial charge in [0.05, 0.1) is 6.61 Å². The Kier molecular flexibility index (Phi) is 2.42. The summed E-state index contributed by atoms with van der Waals surface area (Å²) >= 11 is 0. The lowest BCUT2D eigenvalue weighted by atomic mass is 10.0. The predicted molar refractivity (Wildman–Crippen MR) is 69.7 cm³/mol. The third-order valence-corrected chi connectivity index (χ3v) is 3.00. The summed E-state index contributed by atoms with van der Waals surface area (Å²) in [6.07, 6.45) is 0. The number of aromatic nitrogens is 1. The lowest BCUT2D eigenvalue weighted by Crippen LogP contribution is -1.86. The van der Waals surface area contributed by atoms with Crippen LogP contribution >= 0.6 is 0 Å². The summed E-state index contributed by atoms with van der Waals surface area (Å²) in [6, 6.07) is 18.3. The van der Waals surface area contributed by atoms with Crippen molar-refractivity contribution in [2.24, 2.45) is 0 Å². The topological polar surface area (TPSA) is 36.0 Å². The molecule has 1 aromatic heterocycles. The minimum absolute atomic E-state index is 0.0267. The summed E-state index contributed by atoms with van der Waals surface area (Å²) in [5.74, 6) is 0. The minimum Gasteiger partial charge on any atom is -0.390 e. The Bertz CT molecular complexity index is 640. The second-order valence-corrected chi connectivity index (χ2v) is 4.05. The van der Waals surface area contributed by atoms with Crippen molar-refractivity contribution in [3.05, 3.63) is 60.3 Å². The fraction of sp³-hybridized carbons (Fsp3) is 0.0667. The Morgan fingerprint density at radius 2 is 1.59 bits per heavy atom. The molecule has 0 aliphatic rings. The molecular weight excluding hydrogens is 210 g/mol. The van der Waals surface area contributed by atoms with Crippen molar-refractivity contribution in [1.82, 2.24) is 4.98 Å². The zero-order chi connectivity index (χ0) is 11.7. The van der Waals surface area contributed by atoms with Gasteiger partial charge in [-0.2, -0.15) is 0 Å². The van der Waals surface area contributed by atoms with Crippen molar-refractivity contribution >= 4 is 10.9 Å². The highest BCUT2D eigenvalue weighted by atomic mass is 16.3. The lowest BCUT2D eigenvalue weighted by molar-refractivity contribution is 0.278. The standard InChI is InChI=1S/C15H13NO/c17-10-14-15(11-6-2-1-3-7-11)12-8-4-5-9-13(12)16-14/h1-9,16-17H,10H2. The van der Waals surface area contributed by atoms with E-state index in [1.54, 1.807) is 0 Å². The first-order valence-electron chi connectivity index (χ1n) is 5.66. The summed E-state index contributed by atoms with van der Waals surface area (Å²) in [7, 11) is 0. The number of hydrogen-bond donors (Lipinski definition) is 2. The Morgan fingerprint density at radius 3 is 2.35 bits per heavy atom. The van der Waals surface area contributed by atoms with Gasteiger partial charge < -0.3 is 10.1 Å². The second kappa shape index (κ2) is 4.07. The van der Waals surface area contributed by atoms with Gasteiger partial charge in [-0.1, -0.05) is 48.5 Å². The number of aliphatic hydroxyl groups excluding tert-OH is 1. The molecule has 3 aromatic rings. The third kappa shape index (κ3) is 1.63. The van der Waals surface area contributed by atoms with Gasteiger partial charge in [0.1, 0.15) is 0 Å². The molecule has 0 aliphatic heterocycles. The second-order valence-electron chi connectivity index (χ2n) is 4.05. The van der Waals surface area contributed by atoms with Gasteiger partial charge in [-0.25, -0.2) is 0 Å². The van der Waals surface area contributed by atoms with E-state index in [4.69, 9.17) is 0 Å².